The highest BCUT2D eigenvalue weighted by Crippen LogP contribution is 2.21. The average molecular weight is 337 g/mol. The molecule has 118 valence electrons. The molecular formula is C11H15NO7S2. The molecule has 1 aromatic rings. The van der Waals surface area contributed by atoms with Crippen molar-refractivity contribution >= 4 is 25.9 Å². The van der Waals surface area contributed by atoms with Crippen LogP contribution in [0.3, 0.4) is 0 Å². The lowest BCUT2D eigenvalue weighted by molar-refractivity contribution is -0.374. The Balaban J connectivity index is 3.53. The molecule has 8 nitrogen and oxygen atoms in total. The molecule has 0 saturated heterocycles. The molecular weight excluding hydrogens is 322 g/mol. The van der Waals surface area contributed by atoms with Gasteiger partial charge in [0.1, 0.15) is 4.90 Å². The molecule has 0 spiro atoms. The summed E-state index contributed by atoms with van der Waals surface area (Å²) in [7, 11) is -9.41. The van der Waals surface area contributed by atoms with Gasteiger partial charge >= 0.3 is 0 Å². The molecule has 21 heavy (non-hydrogen) atoms. The van der Waals surface area contributed by atoms with Crippen LogP contribution in [0.5, 0.6) is 0 Å². The summed E-state index contributed by atoms with van der Waals surface area (Å²) in [5.41, 5.74) is -0.125. The molecule has 0 amide bonds. The van der Waals surface area contributed by atoms with Crippen molar-refractivity contribution in [1.29, 1.82) is 0 Å². The van der Waals surface area contributed by atoms with E-state index in [0.29, 0.717) is 12.5 Å². The molecule has 0 aliphatic heterocycles. The standard InChI is InChI=1S/C11H15NO7S2/c1-2-3-4-10(12-13)9-6-5-8(20(14,15)16)7-11(9)21(17,18)19/h5-7,12H,2-4H2,1H3,(H2-,13,14,15,16,17,18,19). The van der Waals surface area contributed by atoms with E-state index >= 15 is 0 Å². The third-order valence-corrected chi connectivity index (χ3v) is 4.50. The number of unbranched alkanes of at least 4 members (excludes halogenated alkanes) is 1. The van der Waals surface area contributed by atoms with Gasteiger partial charge in [0, 0.05) is 6.42 Å². The Morgan fingerprint density at radius 3 is 2.24 bits per heavy atom. The predicted molar refractivity (Wildman–Crippen MR) is 74.0 cm³/mol. The summed E-state index contributed by atoms with van der Waals surface area (Å²) < 4.78 is 62.9. The van der Waals surface area contributed by atoms with Crippen molar-refractivity contribution in [1.82, 2.24) is 0 Å². The van der Waals surface area contributed by atoms with Gasteiger partial charge in [-0.3, -0.25) is 9.11 Å². The van der Waals surface area contributed by atoms with Gasteiger partial charge in [0.05, 0.1) is 10.5 Å². The highest BCUT2D eigenvalue weighted by atomic mass is 32.2. The topological polar surface area (TPSA) is 146 Å². The SMILES string of the molecule is CCCCC(=[NH+][O-])c1ccc(S(=O)(=O)O)cc1S(=O)(=O)O. The van der Waals surface area contributed by atoms with Gasteiger partial charge in [-0.15, -0.1) is 0 Å². The smallest absolute Gasteiger partial charge is 0.295 e. The van der Waals surface area contributed by atoms with Gasteiger partial charge in [-0.25, -0.2) is 5.16 Å². The number of hydrogen-bond donors (Lipinski definition) is 3. The summed E-state index contributed by atoms with van der Waals surface area (Å²) in [6.07, 6.45) is 1.57. The first-order chi connectivity index (χ1) is 9.61. The Morgan fingerprint density at radius 2 is 1.81 bits per heavy atom. The third kappa shape index (κ3) is 4.49. The maximum absolute atomic E-state index is 11.4. The maximum atomic E-state index is 11.4. The van der Waals surface area contributed by atoms with Gasteiger partial charge in [-0.1, -0.05) is 13.3 Å². The van der Waals surface area contributed by atoms with Gasteiger partial charge in [-0.2, -0.15) is 16.8 Å². The summed E-state index contributed by atoms with van der Waals surface area (Å²) in [5, 5.41) is 12.6. The summed E-state index contributed by atoms with van der Waals surface area (Å²) >= 11 is 0. The molecule has 0 radical (unpaired) electrons. The number of nitrogens with one attached hydrogen (secondary N) is 1. The second-order valence-corrected chi connectivity index (χ2v) is 7.10. The van der Waals surface area contributed by atoms with Crippen molar-refractivity contribution in [2.75, 3.05) is 0 Å². The molecule has 1 rings (SSSR count). The van der Waals surface area contributed by atoms with Crippen LogP contribution in [0.25, 0.3) is 0 Å². The third-order valence-electron chi connectivity index (χ3n) is 2.76. The van der Waals surface area contributed by atoms with Crippen molar-refractivity contribution in [3.8, 4) is 0 Å². The van der Waals surface area contributed by atoms with Gasteiger partial charge < -0.3 is 5.21 Å². The van der Waals surface area contributed by atoms with Crippen LogP contribution in [0.4, 0.5) is 0 Å². The highest BCUT2D eigenvalue weighted by molar-refractivity contribution is 7.86. The minimum atomic E-state index is -4.77. The Labute approximate surface area is 122 Å². The van der Waals surface area contributed by atoms with Crippen molar-refractivity contribution in [3.63, 3.8) is 0 Å². The normalized spacial score (nSPS) is 13.4. The molecule has 0 atom stereocenters. The number of hydrogen-bond acceptors (Lipinski definition) is 5. The monoisotopic (exact) mass is 337 g/mol. The Kier molecular flexibility index (Phi) is 5.45. The van der Waals surface area contributed by atoms with Crippen molar-refractivity contribution in [2.24, 2.45) is 0 Å². The summed E-state index contributed by atoms with van der Waals surface area (Å²) in [4.78, 5) is -1.45. The minimum Gasteiger partial charge on any atom is -0.625 e. The molecule has 0 aliphatic carbocycles. The van der Waals surface area contributed by atoms with E-state index in [1.807, 2.05) is 6.92 Å². The summed E-state index contributed by atoms with van der Waals surface area (Å²) in [6.45, 7) is 1.87. The molecule has 3 N–H and O–H groups in total. The van der Waals surface area contributed by atoms with E-state index in [0.717, 1.165) is 18.6 Å². The van der Waals surface area contributed by atoms with E-state index < -0.39 is 30.0 Å². The van der Waals surface area contributed by atoms with Crippen LogP contribution in [0, 0.1) is 5.21 Å². The van der Waals surface area contributed by atoms with Crippen LogP contribution in [-0.4, -0.2) is 31.7 Å². The maximum Gasteiger partial charge on any atom is 0.295 e. The summed E-state index contributed by atoms with van der Waals surface area (Å²) in [5.74, 6) is 0. The van der Waals surface area contributed by atoms with Crippen molar-refractivity contribution in [2.45, 2.75) is 36.0 Å². The van der Waals surface area contributed by atoms with Crippen molar-refractivity contribution in [3.05, 3.63) is 29.0 Å². The Bertz CT molecular complexity index is 751. The largest absolute Gasteiger partial charge is 0.625 e. The number of rotatable bonds is 6. The fraction of sp³-hybridized carbons (Fsp3) is 0.364. The van der Waals surface area contributed by atoms with Gasteiger partial charge in [0.2, 0.25) is 0 Å². The molecule has 0 aromatic heterocycles. The lowest BCUT2D eigenvalue weighted by Crippen LogP contribution is -2.65. The molecule has 10 heteroatoms. The molecule has 0 bridgehead atoms. The van der Waals surface area contributed by atoms with E-state index in [4.69, 9.17) is 4.55 Å². The van der Waals surface area contributed by atoms with Crippen molar-refractivity contribution < 1.29 is 31.1 Å². The second-order valence-electron chi connectivity index (χ2n) is 4.29. The fourth-order valence-electron chi connectivity index (χ4n) is 1.72. The second kappa shape index (κ2) is 6.52. The van der Waals surface area contributed by atoms with E-state index in [1.54, 1.807) is 5.16 Å². The predicted octanol–water partition coefficient (Wildman–Crippen LogP) is -0.262. The van der Waals surface area contributed by atoms with Gasteiger partial charge in [0.15, 0.2) is 5.71 Å². The molecule has 0 unspecified atom stereocenters. The Morgan fingerprint density at radius 1 is 1.19 bits per heavy atom. The first-order valence-corrected chi connectivity index (χ1v) is 8.82. The average Bonchev–Trinajstić information content (AvgIpc) is 2.37. The minimum absolute atomic E-state index is 0.00589. The van der Waals surface area contributed by atoms with Crippen LogP contribution in [-0.2, 0) is 20.2 Å². The van der Waals surface area contributed by atoms with Crippen LogP contribution in [0.1, 0.15) is 31.7 Å². The molecule has 0 aliphatic rings. The van der Waals surface area contributed by atoms with Crippen LogP contribution in [0.2, 0.25) is 0 Å². The van der Waals surface area contributed by atoms with E-state index in [9.17, 15) is 26.6 Å². The quantitative estimate of drug-likeness (QED) is 0.280. The number of benzene rings is 1. The summed E-state index contributed by atoms with van der Waals surface area (Å²) in [6, 6.07) is 2.59. The molecule has 1 aromatic carbocycles. The zero-order valence-electron chi connectivity index (χ0n) is 11.1. The first kappa shape index (κ1) is 17.6. The van der Waals surface area contributed by atoms with Crippen LogP contribution < -0.4 is 5.16 Å². The fourth-order valence-corrected chi connectivity index (χ4v) is 3.05. The lowest BCUT2D eigenvalue weighted by Gasteiger charge is -2.08. The molecule has 0 heterocycles. The van der Waals surface area contributed by atoms with Gasteiger partial charge in [-0.05, 0) is 24.6 Å². The van der Waals surface area contributed by atoms with Crippen LogP contribution in [0.15, 0.2) is 28.0 Å². The lowest BCUT2D eigenvalue weighted by atomic mass is 10.0. The zero-order valence-corrected chi connectivity index (χ0v) is 12.7. The Hall–Kier alpha value is -1.49. The first-order valence-electron chi connectivity index (χ1n) is 5.94. The highest BCUT2D eigenvalue weighted by Gasteiger charge is 2.24. The zero-order chi connectivity index (χ0) is 16.3. The van der Waals surface area contributed by atoms with E-state index in [1.165, 1.54) is 0 Å². The van der Waals surface area contributed by atoms with Gasteiger partial charge in [0.25, 0.3) is 20.2 Å². The van der Waals surface area contributed by atoms with Crippen LogP contribution >= 0.6 is 0 Å². The molecule has 0 fully saturated rings. The molecule has 0 saturated carbocycles. The van der Waals surface area contributed by atoms with E-state index in [-0.39, 0.29) is 17.7 Å². The van der Waals surface area contributed by atoms with E-state index in [2.05, 4.69) is 0 Å².